The number of thiophene rings is 1. The molecule has 1 aromatic carbocycles. The van der Waals surface area contributed by atoms with E-state index in [1.807, 2.05) is 12.1 Å². The van der Waals surface area contributed by atoms with E-state index in [0.29, 0.717) is 4.70 Å². The Morgan fingerprint density at radius 1 is 1.43 bits per heavy atom. The SMILES string of the molecule is CC(O)C1=C(c2cc3cccc(F)c3s2)N2CCN=C2S1. The second-order valence-electron chi connectivity index (χ2n) is 5.08. The number of aliphatic hydroxyl groups is 1. The van der Waals surface area contributed by atoms with Crippen molar-refractivity contribution in [1.82, 2.24) is 4.90 Å². The molecule has 0 radical (unpaired) electrons. The van der Waals surface area contributed by atoms with Crippen LogP contribution in [0.2, 0.25) is 0 Å². The van der Waals surface area contributed by atoms with E-state index in [9.17, 15) is 9.50 Å². The molecule has 0 spiro atoms. The van der Waals surface area contributed by atoms with E-state index in [1.54, 1.807) is 13.0 Å². The van der Waals surface area contributed by atoms with Crippen molar-refractivity contribution in [3.05, 3.63) is 39.9 Å². The Kier molecular flexibility index (Phi) is 3.06. The van der Waals surface area contributed by atoms with Gasteiger partial charge < -0.3 is 10.0 Å². The van der Waals surface area contributed by atoms with E-state index < -0.39 is 6.10 Å². The largest absolute Gasteiger partial charge is 0.388 e. The van der Waals surface area contributed by atoms with Crippen LogP contribution in [0.4, 0.5) is 4.39 Å². The maximum absolute atomic E-state index is 13.9. The molecule has 0 aliphatic carbocycles. The first kappa shape index (κ1) is 13.3. The zero-order valence-electron chi connectivity index (χ0n) is 11.3. The van der Waals surface area contributed by atoms with Crippen LogP contribution in [0.1, 0.15) is 11.8 Å². The van der Waals surface area contributed by atoms with Gasteiger partial charge in [-0.15, -0.1) is 11.3 Å². The van der Waals surface area contributed by atoms with Gasteiger partial charge in [-0.3, -0.25) is 4.99 Å². The number of hydrogen-bond acceptors (Lipinski definition) is 5. The van der Waals surface area contributed by atoms with Gasteiger partial charge in [0, 0.05) is 11.4 Å². The average molecular weight is 320 g/mol. The third kappa shape index (κ3) is 2.01. The number of thioether (sulfide) groups is 1. The molecule has 21 heavy (non-hydrogen) atoms. The first-order chi connectivity index (χ1) is 10.1. The maximum Gasteiger partial charge on any atom is 0.168 e. The first-order valence-corrected chi connectivity index (χ1v) is 8.39. The molecule has 6 heteroatoms. The highest BCUT2D eigenvalue weighted by Crippen LogP contribution is 2.46. The number of amidine groups is 1. The minimum Gasteiger partial charge on any atom is -0.388 e. The predicted octanol–water partition coefficient (Wildman–Crippen LogP) is 3.51. The van der Waals surface area contributed by atoms with Crippen molar-refractivity contribution in [2.24, 2.45) is 4.99 Å². The molecule has 0 saturated heterocycles. The van der Waals surface area contributed by atoms with Crippen molar-refractivity contribution in [1.29, 1.82) is 0 Å². The molecule has 108 valence electrons. The van der Waals surface area contributed by atoms with Gasteiger partial charge in [0.15, 0.2) is 5.17 Å². The Labute approximate surface area is 129 Å². The summed E-state index contributed by atoms with van der Waals surface area (Å²) in [6, 6.07) is 7.13. The highest BCUT2D eigenvalue weighted by Gasteiger charge is 2.35. The van der Waals surface area contributed by atoms with E-state index in [0.717, 1.165) is 39.1 Å². The van der Waals surface area contributed by atoms with Crippen LogP contribution in [0.3, 0.4) is 0 Å². The molecule has 2 aliphatic heterocycles. The van der Waals surface area contributed by atoms with E-state index in [1.165, 1.54) is 29.2 Å². The predicted molar refractivity (Wildman–Crippen MR) is 87.0 cm³/mol. The van der Waals surface area contributed by atoms with Crippen molar-refractivity contribution in [3.63, 3.8) is 0 Å². The summed E-state index contributed by atoms with van der Waals surface area (Å²) in [5.41, 5.74) is 0.992. The second kappa shape index (κ2) is 4.83. The monoisotopic (exact) mass is 320 g/mol. The van der Waals surface area contributed by atoms with Crippen LogP contribution in [0.25, 0.3) is 15.8 Å². The van der Waals surface area contributed by atoms with Gasteiger partial charge in [-0.25, -0.2) is 4.39 Å². The molecule has 1 atom stereocenters. The molecule has 3 nitrogen and oxygen atoms in total. The van der Waals surface area contributed by atoms with E-state index in [2.05, 4.69) is 9.89 Å². The number of aliphatic imine (C=N–C) groups is 1. The molecule has 3 heterocycles. The van der Waals surface area contributed by atoms with Gasteiger partial charge >= 0.3 is 0 Å². The minimum absolute atomic E-state index is 0.191. The molecular formula is C15H13FN2OS2. The Morgan fingerprint density at radius 2 is 2.29 bits per heavy atom. The fourth-order valence-electron chi connectivity index (χ4n) is 2.68. The maximum atomic E-state index is 13.9. The van der Waals surface area contributed by atoms with Gasteiger partial charge in [-0.05, 0) is 24.4 Å². The Balaban J connectivity index is 1.90. The molecule has 4 rings (SSSR count). The summed E-state index contributed by atoms with van der Waals surface area (Å²) in [6.07, 6.45) is -0.548. The topological polar surface area (TPSA) is 35.8 Å². The first-order valence-electron chi connectivity index (χ1n) is 6.75. The number of hydrogen-bond donors (Lipinski definition) is 1. The third-order valence-corrected chi connectivity index (χ3v) is 6.07. The van der Waals surface area contributed by atoms with Crippen molar-refractivity contribution in [3.8, 4) is 0 Å². The minimum atomic E-state index is -0.548. The normalized spacial score (nSPS) is 19.4. The molecule has 1 aromatic heterocycles. The van der Waals surface area contributed by atoms with Crippen LogP contribution >= 0.6 is 23.1 Å². The highest BCUT2D eigenvalue weighted by molar-refractivity contribution is 8.17. The number of halogens is 1. The fourth-order valence-corrected chi connectivity index (χ4v) is 5.01. The molecule has 0 saturated carbocycles. The molecule has 2 aromatic rings. The lowest BCUT2D eigenvalue weighted by molar-refractivity contribution is 0.240. The van der Waals surface area contributed by atoms with Crippen LogP contribution < -0.4 is 0 Å². The lowest BCUT2D eigenvalue weighted by atomic mass is 10.2. The van der Waals surface area contributed by atoms with Crippen LogP contribution in [-0.2, 0) is 0 Å². The van der Waals surface area contributed by atoms with Crippen LogP contribution in [0, 0.1) is 5.82 Å². The van der Waals surface area contributed by atoms with Crippen LogP contribution in [0.5, 0.6) is 0 Å². The van der Waals surface area contributed by atoms with Gasteiger partial charge in [0.1, 0.15) is 5.82 Å². The lowest BCUT2D eigenvalue weighted by Crippen LogP contribution is -2.19. The van der Waals surface area contributed by atoms with Gasteiger partial charge in [-0.1, -0.05) is 23.9 Å². The van der Waals surface area contributed by atoms with Gasteiger partial charge in [0.05, 0.1) is 27.9 Å². The van der Waals surface area contributed by atoms with E-state index in [-0.39, 0.29) is 5.82 Å². The standard InChI is InChI=1S/C15H13FN2OS2/c1-8(19)13-12(18-6-5-17-15(18)21-13)11-7-9-3-2-4-10(16)14(9)20-11/h2-4,7-8,19H,5-6H2,1H3. The van der Waals surface area contributed by atoms with Gasteiger partial charge in [0.25, 0.3) is 0 Å². The highest BCUT2D eigenvalue weighted by atomic mass is 32.2. The number of nitrogens with zero attached hydrogens (tertiary/aromatic N) is 2. The molecule has 1 unspecified atom stereocenters. The quantitative estimate of drug-likeness (QED) is 0.920. The zero-order chi connectivity index (χ0) is 14.6. The van der Waals surface area contributed by atoms with Crippen molar-refractivity contribution in [2.45, 2.75) is 13.0 Å². The summed E-state index contributed by atoms with van der Waals surface area (Å²) in [4.78, 5) is 8.49. The molecule has 0 bridgehead atoms. The van der Waals surface area contributed by atoms with Crippen molar-refractivity contribution >= 4 is 44.0 Å². The third-order valence-electron chi connectivity index (χ3n) is 3.62. The molecule has 0 amide bonds. The molecule has 0 fully saturated rings. The second-order valence-corrected chi connectivity index (χ2v) is 7.14. The summed E-state index contributed by atoms with van der Waals surface area (Å²) in [5.74, 6) is -0.191. The Hall–Kier alpha value is -1.37. The molecular weight excluding hydrogens is 307 g/mol. The fraction of sp³-hybridized carbons (Fsp3) is 0.267. The number of benzene rings is 1. The van der Waals surface area contributed by atoms with Crippen LogP contribution in [-0.4, -0.2) is 34.4 Å². The van der Waals surface area contributed by atoms with Crippen molar-refractivity contribution in [2.75, 3.05) is 13.1 Å². The Morgan fingerprint density at radius 3 is 3.05 bits per heavy atom. The zero-order valence-corrected chi connectivity index (χ0v) is 13.0. The van der Waals surface area contributed by atoms with Crippen molar-refractivity contribution < 1.29 is 9.50 Å². The average Bonchev–Trinajstić information content (AvgIpc) is 3.10. The molecule has 2 aliphatic rings. The number of rotatable bonds is 2. The summed E-state index contributed by atoms with van der Waals surface area (Å²) in [6.45, 7) is 3.36. The smallest absolute Gasteiger partial charge is 0.168 e. The van der Waals surface area contributed by atoms with Crippen LogP contribution in [0.15, 0.2) is 34.2 Å². The van der Waals surface area contributed by atoms with Gasteiger partial charge in [-0.2, -0.15) is 0 Å². The number of aliphatic hydroxyl groups excluding tert-OH is 1. The summed E-state index contributed by atoms with van der Waals surface area (Å²) in [5, 5.41) is 11.9. The molecule has 1 N–H and O–H groups in total. The van der Waals surface area contributed by atoms with Gasteiger partial charge in [0.2, 0.25) is 0 Å². The van der Waals surface area contributed by atoms with E-state index >= 15 is 0 Å². The van der Waals surface area contributed by atoms with E-state index in [4.69, 9.17) is 0 Å². The lowest BCUT2D eigenvalue weighted by Gasteiger charge is -2.16. The summed E-state index contributed by atoms with van der Waals surface area (Å²) < 4.78 is 14.6. The Bertz CT molecular complexity index is 794. The summed E-state index contributed by atoms with van der Waals surface area (Å²) in [7, 11) is 0. The summed E-state index contributed by atoms with van der Waals surface area (Å²) >= 11 is 2.96. The number of fused-ring (bicyclic) bond motifs is 2.